The van der Waals surface area contributed by atoms with Crippen molar-refractivity contribution in [2.24, 2.45) is 0 Å². The highest BCUT2D eigenvalue weighted by Gasteiger charge is 2.20. The molecule has 4 N–H and O–H groups in total. The first-order valence-corrected chi connectivity index (χ1v) is 19.9. The zero-order chi connectivity index (χ0) is 44.9. The highest BCUT2D eigenvalue weighted by molar-refractivity contribution is 5.88. The quantitative estimate of drug-likeness (QED) is 0.0376. The summed E-state index contributed by atoms with van der Waals surface area (Å²) in [6.45, 7) is 8.36. The van der Waals surface area contributed by atoms with Crippen molar-refractivity contribution in [2.75, 3.05) is 54.3 Å². The second-order valence-corrected chi connectivity index (χ2v) is 13.7. The van der Waals surface area contributed by atoms with Gasteiger partial charge in [0, 0.05) is 22.7 Å². The Hall–Kier alpha value is -7.14. The number of amides is 4. The molecule has 0 heterocycles. The molecule has 3 atom stereocenters. The number of esters is 2. The van der Waals surface area contributed by atoms with Crippen LogP contribution in [0.25, 0.3) is 0 Å². The van der Waals surface area contributed by atoms with Gasteiger partial charge in [-0.1, -0.05) is 48.5 Å². The molecule has 4 amide bonds. The lowest BCUT2D eigenvalue weighted by Crippen LogP contribution is -2.28. The fraction of sp³-hybridized carbons (Fsp3) is 0.333. The Bertz CT molecular complexity index is 2080. The van der Waals surface area contributed by atoms with Gasteiger partial charge in [0.1, 0.15) is 13.2 Å². The maximum absolute atomic E-state index is 12.4. The van der Waals surface area contributed by atoms with Crippen LogP contribution in [0.15, 0.2) is 97.1 Å². The summed E-state index contributed by atoms with van der Waals surface area (Å²) in [5.74, 6) is -1.24. The average Bonchev–Trinajstić information content (AvgIpc) is 3.24. The third-order valence-corrected chi connectivity index (χ3v) is 8.59. The second-order valence-electron chi connectivity index (χ2n) is 13.7. The minimum absolute atomic E-state index is 0.0205. The summed E-state index contributed by atoms with van der Waals surface area (Å²) in [5.41, 5.74) is 6.04. The van der Waals surface area contributed by atoms with Crippen LogP contribution in [0.2, 0.25) is 0 Å². The van der Waals surface area contributed by atoms with Crippen molar-refractivity contribution in [1.82, 2.24) is 0 Å². The smallest absolute Gasteiger partial charge is 0.412 e. The van der Waals surface area contributed by atoms with Crippen LogP contribution in [0.1, 0.15) is 56.9 Å². The van der Waals surface area contributed by atoms with E-state index in [-0.39, 0.29) is 33.0 Å². The lowest BCUT2D eigenvalue weighted by atomic mass is 10.0. The van der Waals surface area contributed by atoms with Crippen molar-refractivity contribution in [3.05, 3.63) is 119 Å². The van der Waals surface area contributed by atoms with Crippen molar-refractivity contribution in [3.8, 4) is 0 Å². The molecular formula is C45H52N4O13. The Morgan fingerprint density at radius 3 is 1.10 bits per heavy atom. The standard InChI is InChI=1S/C45H52N4O13/c1-6-56-40(50)30(4)61-44(54)48-38-20-12-34(13-21-38)26-32-8-16-36(17-9-32)46-42(52)59-25-24-58-29(3)28-60-43(53)47-37-18-10-33(11-19-37)27-35-14-22-39(23-15-35)49-45(55)62-31(5)41(51)57-7-2/h8-23,29-31H,6-7,24-28H2,1-5H3,(H,46,52)(H,47,53)(H,48,54)(H,49,55). The molecule has 0 aliphatic heterocycles. The molecule has 0 fully saturated rings. The molecule has 0 saturated carbocycles. The first-order valence-electron chi connectivity index (χ1n) is 19.9. The SMILES string of the molecule is CCOC(=O)C(C)OC(=O)Nc1ccc(Cc2ccc(NC(=O)OCCOC(C)COC(=O)Nc3ccc(Cc4ccc(NC(=O)OC(C)C(=O)OCC)cc4)cc3)cc2)cc1. The van der Waals surface area contributed by atoms with Gasteiger partial charge >= 0.3 is 36.3 Å². The molecule has 0 radical (unpaired) electrons. The summed E-state index contributed by atoms with van der Waals surface area (Å²) >= 11 is 0. The number of hydrogen-bond acceptors (Lipinski definition) is 13. The van der Waals surface area contributed by atoms with Gasteiger partial charge in [0.2, 0.25) is 0 Å². The summed E-state index contributed by atoms with van der Waals surface area (Å²) < 4.78 is 35.8. The van der Waals surface area contributed by atoms with E-state index in [0.717, 1.165) is 22.3 Å². The van der Waals surface area contributed by atoms with Gasteiger partial charge in [-0.3, -0.25) is 21.3 Å². The minimum Gasteiger partial charge on any atom is -0.463 e. The number of anilines is 4. The van der Waals surface area contributed by atoms with Crippen LogP contribution in [-0.2, 0) is 55.6 Å². The fourth-order valence-corrected chi connectivity index (χ4v) is 5.46. The Morgan fingerprint density at radius 2 is 0.758 bits per heavy atom. The first kappa shape index (κ1) is 47.5. The van der Waals surface area contributed by atoms with E-state index in [2.05, 4.69) is 21.3 Å². The molecule has 330 valence electrons. The molecule has 4 rings (SSSR count). The molecule has 17 heteroatoms. The molecule has 0 aromatic heterocycles. The topological polar surface area (TPSA) is 215 Å². The van der Waals surface area contributed by atoms with Crippen LogP contribution in [0.4, 0.5) is 41.9 Å². The van der Waals surface area contributed by atoms with Crippen LogP contribution in [0.3, 0.4) is 0 Å². The van der Waals surface area contributed by atoms with Gasteiger partial charge in [-0.2, -0.15) is 0 Å². The molecule has 4 aromatic carbocycles. The first-order chi connectivity index (χ1) is 29.8. The molecule has 62 heavy (non-hydrogen) atoms. The van der Waals surface area contributed by atoms with E-state index >= 15 is 0 Å². The number of ether oxygens (including phenoxy) is 7. The van der Waals surface area contributed by atoms with E-state index in [1.807, 2.05) is 48.5 Å². The Kier molecular flexibility index (Phi) is 19.0. The number of carbonyl (C=O) groups is 6. The molecular weight excluding hydrogens is 805 g/mol. The van der Waals surface area contributed by atoms with Crippen LogP contribution in [0, 0.1) is 0 Å². The van der Waals surface area contributed by atoms with Gasteiger partial charge in [0.05, 0.1) is 25.9 Å². The van der Waals surface area contributed by atoms with E-state index in [9.17, 15) is 28.8 Å². The monoisotopic (exact) mass is 856 g/mol. The zero-order valence-corrected chi connectivity index (χ0v) is 35.2. The lowest BCUT2D eigenvalue weighted by Gasteiger charge is -2.14. The van der Waals surface area contributed by atoms with Crippen molar-refractivity contribution in [1.29, 1.82) is 0 Å². The van der Waals surface area contributed by atoms with Gasteiger partial charge < -0.3 is 33.2 Å². The van der Waals surface area contributed by atoms with E-state index in [1.165, 1.54) is 13.8 Å². The maximum Gasteiger partial charge on any atom is 0.412 e. The third kappa shape index (κ3) is 17.2. The molecule has 0 bridgehead atoms. The van der Waals surface area contributed by atoms with E-state index in [4.69, 9.17) is 33.2 Å². The molecule has 4 aromatic rings. The fourth-order valence-electron chi connectivity index (χ4n) is 5.46. The Balaban J connectivity index is 1.06. The zero-order valence-electron chi connectivity index (χ0n) is 35.2. The van der Waals surface area contributed by atoms with Gasteiger partial charge in [-0.25, -0.2) is 28.8 Å². The Labute approximate surface area is 359 Å². The highest BCUT2D eigenvalue weighted by Crippen LogP contribution is 2.19. The van der Waals surface area contributed by atoms with E-state index in [1.54, 1.807) is 69.3 Å². The lowest BCUT2D eigenvalue weighted by molar-refractivity contribution is -0.152. The third-order valence-electron chi connectivity index (χ3n) is 8.59. The van der Waals surface area contributed by atoms with Crippen LogP contribution >= 0.6 is 0 Å². The van der Waals surface area contributed by atoms with Gasteiger partial charge in [-0.15, -0.1) is 0 Å². The predicted octanol–water partition coefficient (Wildman–Crippen LogP) is 8.07. The average molecular weight is 857 g/mol. The second kappa shape index (κ2) is 24.8. The van der Waals surface area contributed by atoms with E-state index < -0.39 is 54.6 Å². The van der Waals surface area contributed by atoms with Crippen molar-refractivity contribution in [3.63, 3.8) is 0 Å². The summed E-state index contributed by atoms with van der Waals surface area (Å²) in [4.78, 5) is 72.2. The normalized spacial score (nSPS) is 12.0. The molecule has 0 aliphatic carbocycles. The van der Waals surface area contributed by atoms with Gasteiger partial charge in [0.15, 0.2) is 12.2 Å². The van der Waals surface area contributed by atoms with Gasteiger partial charge in [-0.05, 0) is 118 Å². The van der Waals surface area contributed by atoms with Crippen LogP contribution in [-0.4, -0.2) is 87.7 Å². The number of hydrogen-bond donors (Lipinski definition) is 4. The number of rotatable bonds is 20. The van der Waals surface area contributed by atoms with Crippen LogP contribution in [0.5, 0.6) is 0 Å². The van der Waals surface area contributed by atoms with Crippen LogP contribution < -0.4 is 21.3 Å². The highest BCUT2D eigenvalue weighted by atomic mass is 16.6. The van der Waals surface area contributed by atoms with Crippen molar-refractivity contribution >= 4 is 59.1 Å². The molecule has 3 unspecified atom stereocenters. The molecule has 17 nitrogen and oxygen atoms in total. The number of nitrogens with one attached hydrogen (secondary N) is 4. The maximum atomic E-state index is 12.4. The number of carbonyl (C=O) groups excluding carboxylic acids is 6. The predicted molar refractivity (Wildman–Crippen MR) is 229 cm³/mol. The van der Waals surface area contributed by atoms with E-state index in [0.29, 0.717) is 35.6 Å². The molecule has 0 saturated heterocycles. The number of benzene rings is 4. The van der Waals surface area contributed by atoms with Crippen molar-refractivity contribution < 1.29 is 61.9 Å². The molecule has 0 spiro atoms. The largest absolute Gasteiger partial charge is 0.463 e. The Morgan fingerprint density at radius 1 is 0.435 bits per heavy atom. The summed E-state index contributed by atoms with van der Waals surface area (Å²) in [6, 6.07) is 28.8. The summed E-state index contributed by atoms with van der Waals surface area (Å²) in [6.07, 6.45) is -4.14. The van der Waals surface area contributed by atoms with Crippen molar-refractivity contribution in [2.45, 2.75) is 65.8 Å². The summed E-state index contributed by atoms with van der Waals surface area (Å²) in [7, 11) is 0. The van der Waals surface area contributed by atoms with Gasteiger partial charge in [0.25, 0.3) is 0 Å². The molecule has 0 aliphatic rings. The minimum atomic E-state index is -1.03. The summed E-state index contributed by atoms with van der Waals surface area (Å²) in [5, 5.41) is 10.5.